The van der Waals surface area contributed by atoms with Gasteiger partial charge in [-0.15, -0.1) is 0 Å². The normalized spacial score (nSPS) is 29.8. The van der Waals surface area contributed by atoms with Crippen LogP contribution in [-0.4, -0.2) is 4.57 Å². The topological polar surface area (TPSA) is 18.1 Å². The van der Waals surface area contributed by atoms with Crippen molar-refractivity contribution in [2.45, 2.75) is 43.9 Å². The van der Waals surface area contributed by atoms with Gasteiger partial charge in [0.15, 0.2) is 0 Å². The molecule has 0 spiro atoms. The van der Waals surface area contributed by atoms with Gasteiger partial charge in [0.1, 0.15) is 11.2 Å². The fourth-order valence-corrected chi connectivity index (χ4v) is 8.32. The van der Waals surface area contributed by atoms with Crippen LogP contribution >= 0.6 is 0 Å². The quantitative estimate of drug-likeness (QED) is 0.279. The van der Waals surface area contributed by atoms with Crippen LogP contribution in [0.1, 0.15) is 44.1 Å². The van der Waals surface area contributed by atoms with E-state index in [2.05, 4.69) is 66.2 Å². The van der Waals surface area contributed by atoms with Gasteiger partial charge in [0.25, 0.3) is 0 Å². The Morgan fingerprint density at radius 3 is 2.29 bits per heavy atom. The summed E-state index contributed by atoms with van der Waals surface area (Å²) in [6, 6.07) is 20.3. The van der Waals surface area contributed by atoms with Crippen molar-refractivity contribution in [3.63, 3.8) is 0 Å². The maximum absolute atomic E-state index is 6.19. The fourth-order valence-electron chi connectivity index (χ4n) is 8.32. The van der Waals surface area contributed by atoms with E-state index in [9.17, 15) is 0 Å². The Labute approximate surface area is 181 Å². The van der Waals surface area contributed by atoms with Crippen molar-refractivity contribution in [3.8, 4) is 0 Å². The highest BCUT2D eigenvalue weighted by atomic mass is 16.3. The lowest BCUT2D eigenvalue weighted by atomic mass is 9.48. The molecule has 4 bridgehead atoms. The maximum atomic E-state index is 6.19. The van der Waals surface area contributed by atoms with Gasteiger partial charge in [-0.2, -0.15) is 0 Å². The summed E-state index contributed by atoms with van der Waals surface area (Å²) in [7, 11) is 2.22. The van der Waals surface area contributed by atoms with Crippen molar-refractivity contribution in [2.24, 2.45) is 24.8 Å². The van der Waals surface area contributed by atoms with Crippen LogP contribution in [0, 0.1) is 17.8 Å². The summed E-state index contributed by atoms with van der Waals surface area (Å²) < 4.78 is 8.57. The third-order valence-electron chi connectivity index (χ3n) is 9.15. The Morgan fingerprint density at radius 2 is 1.52 bits per heavy atom. The van der Waals surface area contributed by atoms with E-state index in [-0.39, 0.29) is 0 Å². The van der Waals surface area contributed by atoms with Crippen LogP contribution in [0.25, 0.3) is 43.7 Å². The van der Waals surface area contributed by atoms with E-state index in [1.165, 1.54) is 71.1 Å². The van der Waals surface area contributed by atoms with E-state index in [1.54, 1.807) is 5.56 Å². The van der Waals surface area contributed by atoms with Gasteiger partial charge < -0.3 is 8.98 Å². The monoisotopic (exact) mass is 405 g/mol. The third kappa shape index (κ3) is 2.09. The van der Waals surface area contributed by atoms with E-state index in [0.29, 0.717) is 5.41 Å². The number of fused-ring (bicyclic) bond motifs is 7. The molecule has 0 saturated heterocycles. The molecule has 31 heavy (non-hydrogen) atoms. The molecule has 0 unspecified atom stereocenters. The maximum Gasteiger partial charge on any atom is 0.137 e. The Balaban J connectivity index is 1.41. The molecule has 0 atom stereocenters. The zero-order valence-electron chi connectivity index (χ0n) is 18.0. The minimum Gasteiger partial charge on any atom is -0.456 e. The largest absolute Gasteiger partial charge is 0.456 e. The summed E-state index contributed by atoms with van der Waals surface area (Å²) in [6.45, 7) is 0. The minimum absolute atomic E-state index is 0.442. The van der Waals surface area contributed by atoms with Crippen LogP contribution in [0.4, 0.5) is 0 Å². The number of para-hydroxylation sites is 1. The van der Waals surface area contributed by atoms with Gasteiger partial charge in [0.2, 0.25) is 0 Å². The van der Waals surface area contributed by atoms with Crippen LogP contribution in [0.15, 0.2) is 59.0 Å². The molecule has 2 heteroatoms. The highest BCUT2D eigenvalue weighted by Crippen LogP contribution is 2.61. The first-order chi connectivity index (χ1) is 15.2. The molecule has 0 N–H and O–H groups in total. The Morgan fingerprint density at radius 1 is 0.774 bits per heavy atom. The molecule has 2 nitrogen and oxygen atoms in total. The van der Waals surface area contributed by atoms with Gasteiger partial charge >= 0.3 is 0 Å². The molecule has 4 aliphatic rings. The summed E-state index contributed by atoms with van der Waals surface area (Å²) in [5, 5.41) is 5.25. The third-order valence-corrected chi connectivity index (χ3v) is 9.15. The van der Waals surface area contributed by atoms with Crippen molar-refractivity contribution in [3.05, 3.63) is 60.2 Å². The summed E-state index contributed by atoms with van der Waals surface area (Å²) >= 11 is 0. The molecule has 0 amide bonds. The number of aromatic nitrogens is 1. The molecule has 4 aliphatic carbocycles. The summed E-state index contributed by atoms with van der Waals surface area (Å²) in [6.07, 6.45) is 8.77. The lowest BCUT2D eigenvalue weighted by Gasteiger charge is -2.57. The van der Waals surface area contributed by atoms with E-state index < -0.39 is 0 Å². The minimum atomic E-state index is 0.442. The summed E-state index contributed by atoms with van der Waals surface area (Å²) in [5.74, 6) is 2.93. The van der Waals surface area contributed by atoms with Gasteiger partial charge in [0, 0.05) is 28.7 Å². The molecule has 154 valence electrons. The van der Waals surface area contributed by atoms with Gasteiger partial charge in [-0.05, 0) is 97.6 Å². The lowest BCUT2D eigenvalue weighted by Crippen LogP contribution is -2.48. The van der Waals surface area contributed by atoms with Gasteiger partial charge in [0.05, 0.1) is 10.9 Å². The van der Waals surface area contributed by atoms with Crippen LogP contribution < -0.4 is 0 Å². The summed E-state index contributed by atoms with van der Waals surface area (Å²) in [4.78, 5) is 0. The number of rotatable bonds is 1. The van der Waals surface area contributed by atoms with Gasteiger partial charge in [-0.1, -0.05) is 24.3 Å². The zero-order valence-corrected chi connectivity index (χ0v) is 18.0. The summed E-state index contributed by atoms with van der Waals surface area (Å²) in [5.41, 5.74) is 6.66. The van der Waals surface area contributed by atoms with Crippen LogP contribution in [0.5, 0.6) is 0 Å². The molecule has 0 aliphatic heterocycles. The Kier molecular flexibility index (Phi) is 3.02. The van der Waals surface area contributed by atoms with E-state index in [0.717, 1.165) is 28.9 Å². The first-order valence-corrected chi connectivity index (χ1v) is 12.0. The van der Waals surface area contributed by atoms with Crippen molar-refractivity contribution < 1.29 is 4.42 Å². The molecular weight excluding hydrogens is 378 g/mol. The predicted octanol–water partition coefficient (Wildman–Crippen LogP) is 7.70. The number of hydrogen-bond donors (Lipinski definition) is 0. The molecule has 0 radical (unpaired) electrons. The molecule has 4 fully saturated rings. The van der Waals surface area contributed by atoms with Crippen LogP contribution in [-0.2, 0) is 12.5 Å². The number of hydrogen-bond acceptors (Lipinski definition) is 1. The number of aryl methyl sites for hydroxylation is 1. The van der Waals surface area contributed by atoms with Crippen molar-refractivity contribution in [1.29, 1.82) is 0 Å². The SMILES string of the molecule is Cn1c2ccc(C34CC5CC(CC(C5)C3)C4)cc2c2ccc3oc4ccccc4c3c21. The van der Waals surface area contributed by atoms with E-state index >= 15 is 0 Å². The van der Waals surface area contributed by atoms with E-state index in [4.69, 9.17) is 4.42 Å². The first-order valence-electron chi connectivity index (χ1n) is 12.0. The highest BCUT2D eigenvalue weighted by molar-refractivity contribution is 6.23. The molecule has 9 rings (SSSR count). The average molecular weight is 406 g/mol. The number of benzene rings is 3. The van der Waals surface area contributed by atoms with Gasteiger partial charge in [-0.3, -0.25) is 0 Å². The molecule has 2 aromatic heterocycles. The molecule has 2 heterocycles. The molecule has 5 aromatic rings. The molecule has 4 saturated carbocycles. The lowest BCUT2D eigenvalue weighted by molar-refractivity contribution is -0.00512. The number of nitrogens with zero attached hydrogens (tertiary/aromatic N) is 1. The standard InChI is InChI=1S/C29H27NO/c1-30-24-8-6-20(29-14-17-10-18(15-29)12-19(11-17)16-29)13-23(24)21-7-9-26-27(28(21)30)22-4-2-3-5-25(22)31-26/h2-9,13,17-19H,10-12,14-16H2,1H3. The second-order valence-electron chi connectivity index (χ2n) is 10.9. The van der Waals surface area contributed by atoms with Crippen molar-refractivity contribution >= 4 is 43.7 Å². The smallest absolute Gasteiger partial charge is 0.137 e. The van der Waals surface area contributed by atoms with Crippen LogP contribution in [0.3, 0.4) is 0 Å². The highest BCUT2D eigenvalue weighted by Gasteiger charge is 2.51. The van der Waals surface area contributed by atoms with Gasteiger partial charge in [-0.25, -0.2) is 0 Å². The van der Waals surface area contributed by atoms with Crippen molar-refractivity contribution in [1.82, 2.24) is 4.57 Å². The zero-order chi connectivity index (χ0) is 20.3. The average Bonchev–Trinajstić information content (AvgIpc) is 3.28. The predicted molar refractivity (Wildman–Crippen MR) is 128 cm³/mol. The van der Waals surface area contributed by atoms with Crippen molar-refractivity contribution in [2.75, 3.05) is 0 Å². The second kappa shape index (κ2) is 5.54. The first kappa shape index (κ1) is 16.9. The Bertz CT molecular complexity index is 1500. The fraction of sp³-hybridized carbons (Fsp3) is 0.379. The Hall–Kier alpha value is -2.74. The molecular formula is C29H27NO. The second-order valence-corrected chi connectivity index (χ2v) is 10.9. The molecule has 3 aromatic carbocycles. The number of furan rings is 1. The van der Waals surface area contributed by atoms with E-state index in [1.807, 2.05) is 0 Å². The van der Waals surface area contributed by atoms with Crippen LogP contribution in [0.2, 0.25) is 0 Å².